The largest absolute Gasteiger partial charge is 0.482 e. The number of rotatable bonds is 6. The van der Waals surface area contributed by atoms with E-state index in [1.165, 1.54) is 5.56 Å². The first-order valence-corrected chi connectivity index (χ1v) is 10.3. The monoisotopic (exact) mass is 421 g/mol. The number of hydrogen-bond donors (Lipinski definition) is 0. The fourth-order valence-electron chi connectivity index (χ4n) is 2.79. The Bertz CT molecular complexity index is 938. The molecule has 0 aliphatic carbocycles. The molecule has 4 nitrogen and oxygen atoms in total. The molecule has 142 valence electrons. The highest BCUT2D eigenvalue weighted by Gasteiger charge is 2.18. The third kappa shape index (κ3) is 4.60. The molecule has 3 rings (SSSR count). The van der Waals surface area contributed by atoms with Crippen molar-refractivity contribution in [2.24, 2.45) is 7.05 Å². The Morgan fingerprint density at radius 3 is 2.48 bits per heavy atom. The Balaban J connectivity index is 1.72. The minimum absolute atomic E-state index is 0.220. The van der Waals surface area contributed by atoms with Gasteiger partial charge in [0, 0.05) is 22.8 Å². The van der Waals surface area contributed by atoms with Crippen molar-refractivity contribution in [3.63, 3.8) is 0 Å². The summed E-state index contributed by atoms with van der Waals surface area (Å²) in [5.74, 6) is 2.24. The number of thioether (sulfide) groups is 1. The first kappa shape index (κ1) is 20.1. The van der Waals surface area contributed by atoms with E-state index in [-0.39, 0.29) is 6.10 Å². The molecule has 1 aromatic heterocycles. The molecular weight excluding hydrogens is 401 g/mol. The topological polar surface area (TPSA) is 39.9 Å². The number of ether oxygens (including phenoxy) is 1. The Hall–Kier alpha value is -1.69. The van der Waals surface area contributed by atoms with E-state index in [0.717, 1.165) is 27.9 Å². The van der Waals surface area contributed by atoms with Gasteiger partial charge in [-0.2, -0.15) is 0 Å². The first-order valence-electron chi connectivity index (χ1n) is 8.55. The van der Waals surface area contributed by atoms with Crippen LogP contribution in [0, 0.1) is 13.8 Å². The van der Waals surface area contributed by atoms with Crippen LogP contribution in [0.5, 0.6) is 5.75 Å². The lowest BCUT2D eigenvalue weighted by molar-refractivity contribution is 0.210. The molecule has 0 N–H and O–H groups in total. The van der Waals surface area contributed by atoms with Gasteiger partial charge < -0.3 is 9.30 Å². The second kappa shape index (κ2) is 8.55. The van der Waals surface area contributed by atoms with E-state index in [9.17, 15) is 0 Å². The normalized spacial score (nSPS) is 12.2. The van der Waals surface area contributed by atoms with Gasteiger partial charge in [-0.05, 0) is 50.1 Å². The molecule has 0 radical (unpaired) electrons. The smallest absolute Gasteiger partial charge is 0.191 e. The molecule has 0 saturated heterocycles. The zero-order valence-electron chi connectivity index (χ0n) is 15.7. The van der Waals surface area contributed by atoms with Crippen LogP contribution >= 0.6 is 35.0 Å². The average molecular weight is 422 g/mol. The molecule has 0 saturated carbocycles. The molecule has 0 bridgehead atoms. The molecule has 7 heteroatoms. The fraction of sp³-hybridized carbons (Fsp3) is 0.300. The van der Waals surface area contributed by atoms with Gasteiger partial charge in [-0.25, -0.2) is 0 Å². The van der Waals surface area contributed by atoms with Crippen LogP contribution in [0.3, 0.4) is 0 Å². The number of nitrogens with zero attached hydrogens (tertiary/aromatic N) is 3. The van der Waals surface area contributed by atoms with E-state index in [1.807, 2.05) is 55.8 Å². The second-order valence-electron chi connectivity index (χ2n) is 6.42. The summed E-state index contributed by atoms with van der Waals surface area (Å²) in [6.07, 6.45) is -0.220. The number of aryl methyl sites for hydroxylation is 2. The molecule has 0 amide bonds. The summed E-state index contributed by atoms with van der Waals surface area (Å²) >= 11 is 14.0. The van der Waals surface area contributed by atoms with Crippen molar-refractivity contribution in [3.05, 3.63) is 69.0 Å². The van der Waals surface area contributed by atoms with Crippen molar-refractivity contribution in [3.8, 4) is 5.75 Å². The Morgan fingerprint density at radius 2 is 1.81 bits per heavy atom. The van der Waals surface area contributed by atoms with Crippen LogP contribution in [-0.2, 0) is 12.8 Å². The molecule has 2 aromatic carbocycles. The van der Waals surface area contributed by atoms with Gasteiger partial charge in [0.1, 0.15) is 5.75 Å². The van der Waals surface area contributed by atoms with Crippen molar-refractivity contribution in [2.45, 2.75) is 37.8 Å². The van der Waals surface area contributed by atoms with E-state index < -0.39 is 0 Å². The average Bonchev–Trinajstić information content (AvgIpc) is 2.98. The number of aromatic nitrogens is 3. The maximum absolute atomic E-state index is 6.25. The predicted molar refractivity (Wildman–Crippen MR) is 112 cm³/mol. The molecule has 0 spiro atoms. The van der Waals surface area contributed by atoms with Crippen molar-refractivity contribution >= 4 is 35.0 Å². The van der Waals surface area contributed by atoms with Gasteiger partial charge in [-0.1, -0.05) is 58.7 Å². The third-order valence-electron chi connectivity index (χ3n) is 4.27. The molecule has 0 aliphatic rings. The summed E-state index contributed by atoms with van der Waals surface area (Å²) < 4.78 is 8.05. The van der Waals surface area contributed by atoms with Gasteiger partial charge in [0.15, 0.2) is 17.1 Å². The zero-order chi connectivity index (χ0) is 19.6. The van der Waals surface area contributed by atoms with Crippen LogP contribution < -0.4 is 4.74 Å². The summed E-state index contributed by atoms with van der Waals surface area (Å²) in [7, 11) is 1.94. The zero-order valence-corrected chi connectivity index (χ0v) is 18.0. The predicted octanol–water partition coefficient (Wildman–Crippen LogP) is 6.17. The lowest BCUT2D eigenvalue weighted by Crippen LogP contribution is -2.10. The van der Waals surface area contributed by atoms with E-state index >= 15 is 0 Å². The molecule has 0 aliphatic heterocycles. The van der Waals surface area contributed by atoms with Gasteiger partial charge in [-0.15, -0.1) is 10.2 Å². The summed E-state index contributed by atoms with van der Waals surface area (Å²) in [6, 6.07) is 11.7. The Morgan fingerprint density at radius 1 is 1.11 bits per heavy atom. The summed E-state index contributed by atoms with van der Waals surface area (Å²) in [5, 5.41) is 10.7. The van der Waals surface area contributed by atoms with E-state index in [0.29, 0.717) is 15.8 Å². The van der Waals surface area contributed by atoms with E-state index in [1.54, 1.807) is 11.8 Å². The Labute approximate surface area is 173 Å². The van der Waals surface area contributed by atoms with Crippen LogP contribution in [0.25, 0.3) is 0 Å². The lowest BCUT2D eigenvalue weighted by Gasteiger charge is -2.16. The highest BCUT2D eigenvalue weighted by Crippen LogP contribution is 2.32. The van der Waals surface area contributed by atoms with E-state index in [2.05, 4.69) is 23.2 Å². The number of benzene rings is 2. The maximum atomic E-state index is 6.25. The number of halogens is 2. The Kier molecular flexibility index (Phi) is 6.35. The molecule has 0 fully saturated rings. The quantitative estimate of drug-likeness (QED) is 0.446. The highest BCUT2D eigenvalue weighted by atomic mass is 35.5. The fourth-order valence-corrected chi connectivity index (χ4v) is 4.45. The van der Waals surface area contributed by atoms with Gasteiger partial charge in [0.05, 0.1) is 0 Å². The van der Waals surface area contributed by atoms with Gasteiger partial charge >= 0.3 is 0 Å². The molecule has 1 atom stereocenters. The molecule has 27 heavy (non-hydrogen) atoms. The van der Waals surface area contributed by atoms with Gasteiger partial charge in [0.2, 0.25) is 0 Å². The van der Waals surface area contributed by atoms with Crippen molar-refractivity contribution in [1.29, 1.82) is 0 Å². The van der Waals surface area contributed by atoms with Crippen molar-refractivity contribution in [1.82, 2.24) is 14.8 Å². The SMILES string of the molecule is Cc1ccc(OC(C)c2nnc(SCc3c(Cl)cccc3Cl)n2C)c(C)c1. The van der Waals surface area contributed by atoms with Crippen molar-refractivity contribution in [2.75, 3.05) is 0 Å². The standard InChI is InChI=1S/C20H21Cl2N3OS/c1-12-8-9-18(13(2)10-12)26-14(3)19-23-24-20(25(19)4)27-11-15-16(21)6-5-7-17(15)22/h5-10,14H,11H2,1-4H3. The van der Waals surface area contributed by atoms with Gasteiger partial charge in [-0.3, -0.25) is 0 Å². The molecule has 1 unspecified atom stereocenters. The minimum Gasteiger partial charge on any atom is -0.482 e. The van der Waals surface area contributed by atoms with Crippen LogP contribution in [0.15, 0.2) is 41.6 Å². The molecule has 3 aromatic rings. The van der Waals surface area contributed by atoms with Crippen LogP contribution in [0.2, 0.25) is 10.0 Å². The summed E-state index contributed by atoms with van der Waals surface area (Å²) in [4.78, 5) is 0. The summed E-state index contributed by atoms with van der Waals surface area (Å²) in [6.45, 7) is 6.08. The van der Waals surface area contributed by atoms with Crippen molar-refractivity contribution < 1.29 is 4.74 Å². The highest BCUT2D eigenvalue weighted by molar-refractivity contribution is 7.98. The van der Waals surface area contributed by atoms with Crippen LogP contribution in [0.1, 0.15) is 35.5 Å². The molecule has 1 heterocycles. The van der Waals surface area contributed by atoms with Crippen LogP contribution in [-0.4, -0.2) is 14.8 Å². The van der Waals surface area contributed by atoms with E-state index in [4.69, 9.17) is 27.9 Å². The van der Waals surface area contributed by atoms with Gasteiger partial charge in [0.25, 0.3) is 0 Å². The minimum atomic E-state index is -0.220. The lowest BCUT2D eigenvalue weighted by atomic mass is 10.1. The number of hydrogen-bond acceptors (Lipinski definition) is 4. The van der Waals surface area contributed by atoms with Crippen LogP contribution in [0.4, 0.5) is 0 Å². The summed E-state index contributed by atoms with van der Waals surface area (Å²) in [5.41, 5.74) is 3.21. The third-order valence-corrected chi connectivity index (χ3v) is 6.03. The first-order chi connectivity index (χ1) is 12.9. The second-order valence-corrected chi connectivity index (χ2v) is 8.17. The molecular formula is C20H21Cl2N3OS. The maximum Gasteiger partial charge on any atom is 0.191 e.